The topological polar surface area (TPSA) is 50.3 Å². The summed E-state index contributed by atoms with van der Waals surface area (Å²) in [6.45, 7) is 3.43. The molecule has 0 aliphatic carbocycles. The van der Waals surface area contributed by atoms with Crippen LogP contribution >= 0.6 is 15.9 Å². The van der Waals surface area contributed by atoms with E-state index in [1.54, 1.807) is 16.6 Å². The Morgan fingerprint density at radius 2 is 2.15 bits per heavy atom. The van der Waals surface area contributed by atoms with Crippen LogP contribution in [-0.2, 0) is 10.0 Å². The van der Waals surface area contributed by atoms with Crippen LogP contribution in [0.15, 0.2) is 27.8 Å². The number of hydrogen-bond donors (Lipinski definition) is 0. The number of halogens is 1. The fraction of sp³-hybridized carbons (Fsp3) is 0.643. The summed E-state index contributed by atoms with van der Waals surface area (Å²) in [5.41, 5.74) is 0. The Bertz CT molecular complexity index is 548. The van der Waals surface area contributed by atoms with Crippen LogP contribution in [0.4, 0.5) is 0 Å². The summed E-state index contributed by atoms with van der Waals surface area (Å²) < 4.78 is 27.6. The molecule has 0 amide bonds. The Kier molecular flexibility index (Phi) is 5.57. The van der Waals surface area contributed by atoms with Gasteiger partial charge in [0.15, 0.2) is 0 Å². The maximum absolute atomic E-state index is 12.6. The van der Waals surface area contributed by atoms with Gasteiger partial charge in [-0.2, -0.15) is 4.31 Å². The minimum atomic E-state index is -3.41. The lowest BCUT2D eigenvalue weighted by Crippen LogP contribution is -2.32. The Balaban J connectivity index is 2.14. The zero-order valence-corrected chi connectivity index (χ0v) is 14.2. The van der Waals surface area contributed by atoms with Gasteiger partial charge in [-0.3, -0.25) is 4.98 Å². The molecule has 0 radical (unpaired) electrons. The van der Waals surface area contributed by atoms with E-state index >= 15 is 0 Å². The second kappa shape index (κ2) is 7.00. The van der Waals surface area contributed by atoms with Crippen molar-refractivity contribution in [3.63, 3.8) is 0 Å². The minimum absolute atomic E-state index is 0.279. The highest BCUT2D eigenvalue weighted by Gasteiger charge is 2.27. The molecule has 4 nitrogen and oxygen atoms in total. The average Bonchev–Trinajstić information content (AvgIpc) is 2.65. The predicted octanol–water partition coefficient (Wildman–Crippen LogP) is 3.44. The van der Waals surface area contributed by atoms with E-state index in [-0.39, 0.29) is 4.90 Å². The second-order valence-corrected chi connectivity index (χ2v) is 8.18. The molecule has 20 heavy (non-hydrogen) atoms. The minimum Gasteiger partial charge on any atom is -0.262 e. The molecule has 1 unspecified atom stereocenters. The predicted molar refractivity (Wildman–Crippen MR) is 82.9 cm³/mol. The summed E-state index contributed by atoms with van der Waals surface area (Å²) in [7, 11) is -3.41. The van der Waals surface area contributed by atoms with Crippen LogP contribution in [0.5, 0.6) is 0 Å². The van der Waals surface area contributed by atoms with Crippen LogP contribution in [-0.4, -0.2) is 30.8 Å². The first-order valence-electron chi connectivity index (χ1n) is 7.14. The highest BCUT2D eigenvalue weighted by atomic mass is 79.9. The molecular weight excluding hydrogens is 340 g/mol. The number of pyridine rings is 1. The van der Waals surface area contributed by atoms with Crippen molar-refractivity contribution in [2.45, 2.75) is 43.9 Å². The fourth-order valence-electron chi connectivity index (χ4n) is 2.76. The lowest BCUT2D eigenvalue weighted by Gasteiger charge is -2.20. The molecule has 1 aromatic rings. The first kappa shape index (κ1) is 15.9. The molecule has 0 aromatic carbocycles. The fourth-order valence-corrected chi connectivity index (χ4v) is 4.76. The number of hydrogen-bond acceptors (Lipinski definition) is 3. The molecular formula is C14H21BrN2O2S. The first-order valence-corrected chi connectivity index (χ1v) is 9.38. The van der Waals surface area contributed by atoms with E-state index in [0.717, 1.165) is 19.3 Å². The molecule has 1 fully saturated rings. The molecule has 0 bridgehead atoms. The number of aromatic nitrogens is 1. The van der Waals surface area contributed by atoms with E-state index in [2.05, 4.69) is 27.8 Å². The van der Waals surface area contributed by atoms with E-state index in [9.17, 15) is 8.42 Å². The standard InChI is InChI=1S/C14H21BrN2O2S/c1-2-4-12-5-3-7-17(8-6-12)20(18,19)14-9-13(15)10-16-11-14/h9-12H,2-8H2,1H3. The van der Waals surface area contributed by atoms with Crippen LogP contribution in [0, 0.1) is 5.92 Å². The molecule has 112 valence electrons. The summed E-state index contributed by atoms with van der Waals surface area (Å²) in [4.78, 5) is 4.24. The highest BCUT2D eigenvalue weighted by molar-refractivity contribution is 9.10. The summed E-state index contributed by atoms with van der Waals surface area (Å²) >= 11 is 3.28. The van der Waals surface area contributed by atoms with Gasteiger partial charge in [-0.05, 0) is 47.2 Å². The third kappa shape index (κ3) is 3.80. The van der Waals surface area contributed by atoms with E-state index in [1.807, 2.05) is 0 Å². The first-order chi connectivity index (χ1) is 9.54. The van der Waals surface area contributed by atoms with Crippen LogP contribution in [0.1, 0.15) is 39.0 Å². The summed E-state index contributed by atoms with van der Waals surface area (Å²) in [5, 5.41) is 0. The Morgan fingerprint density at radius 3 is 2.85 bits per heavy atom. The van der Waals surface area contributed by atoms with Crippen LogP contribution in [0.25, 0.3) is 0 Å². The van der Waals surface area contributed by atoms with Gasteiger partial charge in [-0.1, -0.05) is 19.8 Å². The molecule has 1 aliphatic rings. The van der Waals surface area contributed by atoms with Crippen molar-refractivity contribution in [2.75, 3.05) is 13.1 Å². The molecule has 2 heterocycles. The molecule has 0 saturated carbocycles. The van der Waals surface area contributed by atoms with Crippen LogP contribution in [0.3, 0.4) is 0 Å². The monoisotopic (exact) mass is 360 g/mol. The van der Waals surface area contributed by atoms with Gasteiger partial charge in [0.2, 0.25) is 10.0 Å². The molecule has 1 aliphatic heterocycles. The van der Waals surface area contributed by atoms with Crippen molar-refractivity contribution in [1.29, 1.82) is 0 Å². The molecule has 1 aromatic heterocycles. The van der Waals surface area contributed by atoms with Crippen LogP contribution in [0.2, 0.25) is 0 Å². The third-order valence-electron chi connectivity index (χ3n) is 3.82. The van der Waals surface area contributed by atoms with Crippen molar-refractivity contribution in [2.24, 2.45) is 5.92 Å². The van der Waals surface area contributed by atoms with E-state index < -0.39 is 10.0 Å². The maximum atomic E-state index is 12.6. The lowest BCUT2D eigenvalue weighted by molar-refractivity contribution is 0.400. The Hall–Kier alpha value is -0.460. The van der Waals surface area contributed by atoms with E-state index in [4.69, 9.17) is 0 Å². The van der Waals surface area contributed by atoms with Crippen molar-refractivity contribution >= 4 is 26.0 Å². The highest BCUT2D eigenvalue weighted by Crippen LogP contribution is 2.26. The quantitative estimate of drug-likeness (QED) is 0.826. The van der Waals surface area contributed by atoms with Gasteiger partial charge in [-0.15, -0.1) is 0 Å². The molecule has 6 heteroatoms. The van der Waals surface area contributed by atoms with E-state index in [1.165, 1.54) is 19.0 Å². The third-order valence-corrected chi connectivity index (χ3v) is 6.12. The maximum Gasteiger partial charge on any atom is 0.244 e. The second-order valence-electron chi connectivity index (χ2n) is 5.33. The van der Waals surface area contributed by atoms with Crippen molar-refractivity contribution in [3.05, 3.63) is 22.9 Å². The van der Waals surface area contributed by atoms with Gasteiger partial charge in [0.25, 0.3) is 0 Å². The van der Waals surface area contributed by atoms with Crippen molar-refractivity contribution < 1.29 is 8.42 Å². The summed E-state index contributed by atoms with van der Waals surface area (Å²) in [6.07, 6.45) is 8.45. The zero-order valence-electron chi connectivity index (χ0n) is 11.8. The largest absolute Gasteiger partial charge is 0.262 e. The number of nitrogens with zero attached hydrogens (tertiary/aromatic N) is 2. The molecule has 0 spiro atoms. The SMILES string of the molecule is CCCC1CCCN(S(=O)(=O)c2cncc(Br)c2)CC1. The molecule has 1 saturated heterocycles. The van der Waals surface area contributed by atoms with Gasteiger partial charge in [0, 0.05) is 30.0 Å². The van der Waals surface area contributed by atoms with Gasteiger partial charge in [0.05, 0.1) is 0 Å². The summed E-state index contributed by atoms with van der Waals surface area (Å²) in [5.74, 6) is 0.667. The number of rotatable bonds is 4. The number of sulfonamides is 1. The van der Waals surface area contributed by atoms with Gasteiger partial charge >= 0.3 is 0 Å². The smallest absolute Gasteiger partial charge is 0.244 e. The lowest BCUT2D eigenvalue weighted by atomic mass is 9.96. The normalized spacial score (nSPS) is 21.6. The summed E-state index contributed by atoms with van der Waals surface area (Å²) in [6, 6.07) is 1.62. The van der Waals surface area contributed by atoms with Crippen molar-refractivity contribution in [3.8, 4) is 0 Å². The molecule has 1 atom stereocenters. The zero-order chi connectivity index (χ0) is 14.6. The van der Waals surface area contributed by atoms with E-state index in [0.29, 0.717) is 23.5 Å². The molecule has 0 N–H and O–H groups in total. The van der Waals surface area contributed by atoms with Crippen LogP contribution < -0.4 is 0 Å². The molecule has 2 rings (SSSR count). The van der Waals surface area contributed by atoms with Gasteiger partial charge in [0.1, 0.15) is 4.90 Å². The Morgan fingerprint density at radius 1 is 1.35 bits per heavy atom. The van der Waals surface area contributed by atoms with Gasteiger partial charge in [-0.25, -0.2) is 8.42 Å². The van der Waals surface area contributed by atoms with Gasteiger partial charge < -0.3 is 0 Å². The average molecular weight is 361 g/mol. The Labute approximate surface area is 129 Å². The van der Waals surface area contributed by atoms with Crippen molar-refractivity contribution in [1.82, 2.24) is 9.29 Å².